The topological polar surface area (TPSA) is 71.2 Å². The summed E-state index contributed by atoms with van der Waals surface area (Å²) < 4.78 is 5.09. The van der Waals surface area contributed by atoms with Crippen LogP contribution in [0.4, 0.5) is 0 Å². The van der Waals surface area contributed by atoms with E-state index < -0.39 is 11.9 Å². The molecule has 3 rings (SSSR count). The van der Waals surface area contributed by atoms with Gasteiger partial charge >= 0.3 is 5.97 Å². The number of para-hydroxylation sites is 1. The molecule has 0 saturated carbocycles. The van der Waals surface area contributed by atoms with E-state index in [-0.39, 0.29) is 19.1 Å². The van der Waals surface area contributed by atoms with E-state index in [1.54, 1.807) is 31.3 Å². The van der Waals surface area contributed by atoms with Crippen LogP contribution in [0.1, 0.15) is 24.1 Å². The number of fused-ring (bicyclic) bond motifs is 1. The minimum absolute atomic E-state index is 0.0931. The average Bonchev–Trinajstić information content (AvgIpc) is 3.03. The summed E-state index contributed by atoms with van der Waals surface area (Å²) in [5, 5.41) is 4.70. The Bertz CT molecular complexity index is 984. The molecule has 0 radical (unpaired) electrons. The molecule has 0 aliphatic rings. The molecule has 0 spiro atoms. The number of halogens is 2. The summed E-state index contributed by atoms with van der Waals surface area (Å²) in [6, 6.07) is 12.4. The summed E-state index contributed by atoms with van der Waals surface area (Å²) in [6.45, 7) is 1.44. The molecule has 1 heterocycles. The highest BCUT2D eigenvalue weighted by Crippen LogP contribution is 2.26. The third kappa shape index (κ3) is 4.81. The second-order valence-electron chi connectivity index (χ2n) is 6.15. The lowest BCUT2D eigenvalue weighted by molar-refractivity contribution is -0.148. The normalized spacial score (nSPS) is 12.0. The Morgan fingerprint density at radius 2 is 1.96 bits per heavy atom. The van der Waals surface area contributed by atoms with Crippen molar-refractivity contribution in [2.75, 3.05) is 6.61 Å². The van der Waals surface area contributed by atoms with Crippen molar-refractivity contribution in [2.24, 2.45) is 0 Å². The molecule has 7 heteroatoms. The van der Waals surface area contributed by atoms with Gasteiger partial charge in [-0.2, -0.15) is 0 Å². The summed E-state index contributed by atoms with van der Waals surface area (Å²) in [4.78, 5) is 27.2. The van der Waals surface area contributed by atoms with Crippen LogP contribution in [0.25, 0.3) is 10.9 Å². The van der Waals surface area contributed by atoms with E-state index in [2.05, 4.69) is 10.3 Å². The Balaban J connectivity index is 1.52. The Morgan fingerprint density at radius 3 is 2.74 bits per heavy atom. The number of H-pyrrole nitrogens is 1. The maximum Gasteiger partial charge on any atom is 0.310 e. The SMILES string of the molecule is C[C@H](NC(=O)COC(=O)Cc1c[nH]c2ccccc12)c1ccc(Cl)cc1Cl. The van der Waals surface area contributed by atoms with E-state index in [0.717, 1.165) is 22.0 Å². The number of benzene rings is 2. The number of aromatic amines is 1. The van der Waals surface area contributed by atoms with Crippen molar-refractivity contribution in [3.8, 4) is 0 Å². The molecule has 0 bridgehead atoms. The Hall–Kier alpha value is -2.50. The molecule has 27 heavy (non-hydrogen) atoms. The molecule has 2 aromatic carbocycles. The summed E-state index contributed by atoms with van der Waals surface area (Å²) in [5.41, 5.74) is 2.52. The van der Waals surface area contributed by atoms with Gasteiger partial charge in [0.2, 0.25) is 0 Å². The van der Waals surface area contributed by atoms with Gasteiger partial charge in [0.05, 0.1) is 12.5 Å². The zero-order valence-electron chi connectivity index (χ0n) is 14.6. The molecular weight excluding hydrogens is 387 g/mol. The van der Waals surface area contributed by atoms with Gasteiger partial charge in [-0.1, -0.05) is 47.5 Å². The maximum absolute atomic E-state index is 12.1. The second kappa shape index (κ2) is 8.46. The van der Waals surface area contributed by atoms with Gasteiger partial charge in [-0.3, -0.25) is 9.59 Å². The standard InChI is InChI=1S/C20H18Cl2N2O3/c1-12(15-7-6-14(21)9-17(15)22)24-19(25)11-27-20(26)8-13-10-23-18-5-3-2-4-16(13)18/h2-7,9-10,12,23H,8,11H2,1H3,(H,24,25)/t12-/m0/s1. The first-order chi connectivity index (χ1) is 12.9. The lowest BCUT2D eigenvalue weighted by Crippen LogP contribution is -2.31. The predicted octanol–water partition coefficient (Wildman–Crippen LogP) is 4.44. The van der Waals surface area contributed by atoms with Crippen LogP contribution in [-0.4, -0.2) is 23.5 Å². The fourth-order valence-electron chi connectivity index (χ4n) is 2.84. The molecule has 3 aromatic rings. The Labute approximate surface area is 166 Å². The largest absolute Gasteiger partial charge is 0.455 e. The predicted molar refractivity (Wildman–Crippen MR) is 106 cm³/mol. The second-order valence-corrected chi connectivity index (χ2v) is 7.00. The highest BCUT2D eigenvalue weighted by Gasteiger charge is 2.15. The minimum Gasteiger partial charge on any atom is -0.455 e. The van der Waals surface area contributed by atoms with Gasteiger partial charge < -0.3 is 15.0 Å². The summed E-state index contributed by atoms with van der Waals surface area (Å²) in [6.07, 6.45) is 1.87. The van der Waals surface area contributed by atoms with Gasteiger partial charge in [-0.05, 0) is 36.2 Å². The van der Waals surface area contributed by atoms with E-state index in [1.807, 2.05) is 24.3 Å². The molecule has 0 aliphatic heterocycles. The van der Waals surface area contributed by atoms with Gasteiger partial charge in [0.25, 0.3) is 5.91 Å². The molecule has 140 valence electrons. The number of carbonyl (C=O) groups excluding carboxylic acids is 2. The van der Waals surface area contributed by atoms with Crippen molar-refractivity contribution >= 4 is 46.0 Å². The van der Waals surface area contributed by atoms with E-state index in [4.69, 9.17) is 27.9 Å². The van der Waals surface area contributed by atoms with E-state index >= 15 is 0 Å². The molecule has 1 amide bonds. The van der Waals surface area contributed by atoms with Crippen LogP contribution in [0.2, 0.25) is 10.0 Å². The van der Waals surface area contributed by atoms with Crippen LogP contribution in [0, 0.1) is 0 Å². The van der Waals surface area contributed by atoms with Crippen LogP contribution in [0.5, 0.6) is 0 Å². The average molecular weight is 405 g/mol. The molecule has 0 aliphatic carbocycles. The summed E-state index contributed by atoms with van der Waals surface area (Å²) in [7, 11) is 0. The summed E-state index contributed by atoms with van der Waals surface area (Å²) in [5.74, 6) is -0.868. The highest BCUT2D eigenvalue weighted by molar-refractivity contribution is 6.35. The Morgan fingerprint density at radius 1 is 1.19 bits per heavy atom. The quantitative estimate of drug-likeness (QED) is 0.596. The minimum atomic E-state index is -0.466. The van der Waals surface area contributed by atoms with E-state index in [9.17, 15) is 9.59 Å². The number of hydrogen-bond acceptors (Lipinski definition) is 3. The number of aromatic nitrogens is 1. The van der Waals surface area contributed by atoms with Crippen molar-refractivity contribution in [3.63, 3.8) is 0 Å². The zero-order valence-corrected chi connectivity index (χ0v) is 16.1. The fourth-order valence-corrected chi connectivity index (χ4v) is 3.42. The van der Waals surface area contributed by atoms with Crippen LogP contribution in [0.15, 0.2) is 48.7 Å². The lowest BCUT2D eigenvalue weighted by atomic mass is 10.1. The number of carbonyl (C=O) groups is 2. The fraction of sp³-hybridized carbons (Fsp3) is 0.200. The first-order valence-corrected chi connectivity index (χ1v) is 9.14. The molecule has 5 nitrogen and oxygen atoms in total. The van der Waals surface area contributed by atoms with Gasteiger partial charge in [0.1, 0.15) is 0 Å². The first-order valence-electron chi connectivity index (χ1n) is 8.39. The van der Waals surface area contributed by atoms with Crippen LogP contribution in [-0.2, 0) is 20.7 Å². The van der Waals surface area contributed by atoms with E-state index in [0.29, 0.717) is 10.0 Å². The molecule has 1 aromatic heterocycles. The van der Waals surface area contributed by atoms with Crippen molar-refractivity contribution < 1.29 is 14.3 Å². The third-order valence-corrected chi connectivity index (χ3v) is 4.74. The number of hydrogen-bond donors (Lipinski definition) is 2. The van der Waals surface area contributed by atoms with Crippen LogP contribution >= 0.6 is 23.2 Å². The molecule has 0 saturated heterocycles. The van der Waals surface area contributed by atoms with Gasteiger partial charge in [0.15, 0.2) is 6.61 Å². The van der Waals surface area contributed by atoms with Gasteiger partial charge in [-0.25, -0.2) is 0 Å². The number of amides is 1. The van der Waals surface area contributed by atoms with Gasteiger partial charge in [-0.15, -0.1) is 0 Å². The molecular formula is C20H18Cl2N2O3. The van der Waals surface area contributed by atoms with Crippen LogP contribution in [0.3, 0.4) is 0 Å². The number of esters is 1. The van der Waals surface area contributed by atoms with Crippen molar-refractivity contribution in [2.45, 2.75) is 19.4 Å². The number of nitrogens with one attached hydrogen (secondary N) is 2. The summed E-state index contributed by atoms with van der Waals surface area (Å²) >= 11 is 12.0. The molecule has 0 fully saturated rings. The van der Waals surface area contributed by atoms with Crippen molar-refractivity contribution in [3.05, 3.63) is 69.8 Å². The van der Waals surface area contributed by atoms with E-state index in [1.165, 1.54) is 0 Å². The molecule has 2 N–H and O–H groups in total. The van der Waals surface area contributed by atoms with Crippen molar-refractivity contribution in [1.82, 2.24) is 10.3 Å². The highest BCUT2D eigenvalue weighted by atomic mass is 35.5. The van der Waals surface area contributed by atoms with Crippen LogP contribution < -0.4 is 5.32 Å². The Kier molecular flexibility index (Phi) is 6.04. The van der Waals surface area contributed by atoms with Crippen molar-refractivity contribution in [1.29, 1.82) is 0 Å². The smallest absolute Gasteiger partial charge is 0.310 e. The van der Waals surface area contributed by atoms with Gasteiger partial charge in [0, 0.05) is 27.1 Å². The maximum atomic E-state index is 12.1. The molecule has 1 atom stereocenters. The number of rotatable bonds is 6. The zero-order chi connectivity index (χ0) is 19.4. The third-order valence-electron chi connectivity index (χ3n) is 4.18. The number of ether oxygens (including phenoxy) is 1. The first kappa shape index (κ1) is 19.3. The molecule has 0 unspecified atom stereocenters. The lowest BCUT2D eigenvalue weighted by Gasteiger charge is -2.16. The monoisotopic (exact) mass is 404 g/mol.